The van der Waals surface area contributed by atoms with Gasteiger partial charge in [-0.3, -0.25) is 9.48 Å². The van der Waals surface area contributed by atoms with Crippen LogP contribution in [0.2, 0.25) is 0 Å². The Morgan fingerprint density at radius 2 is 2.33 bits per heavy atom. The van der Waals surface area contributed by atoms with Gasteiger partial charge in [0.25, 0.3) is 0 Å². The third kappa shape index (κ3) is 6.57. The van der Waals surface area contributed by atoms with Gasteiger partial charge < -0.3 is 20.3 Å². The number of hydrogen-bond acceptors (Lipinski definition) is 4. The SMILES string of the molecule is CN(C)C(=O)CN=C(NCCCn1cccn1)NCC1CCOC1. The number of carbonyl (C=O) groups excluding carboxylic acids is 1. The summed E-state index contributed by atoms with van der Waals surface area (Å²) in [5, 5.41) is 10.8. The number of nitrogens with one attached hydrogen (secondary N) is 2. The molecule has 1 saturated heterocycles. The molecule has 0 spiro atoms. The number of hydrogen-bond donors (Lipinski definition) is 2. The van der Waals surface area contributed by atoms with E-state index in [-0.39, 0.29) is 12.5 Å². The van der Waals surface area contributed by atoms with Crippen molar-refractivity contribution < 1.29 is 9.53 Å². The number of nitrogens with zero attached hydrogens (tertiary/aromatic N) is 4. The van der Waals surface area contributed by atoms with Crippen LogP contribution in [0.15, 0.2) is 23.5 Å². The number of aromatic nitrogens is 2. The minimum absolute atomic E-state index is 0.0168. The summed E-state index contributed by atoms with van der Waals surface area (Å²) in [7, 11) is 3.47. The summed E-state index contributed by atoms with van der Waals surface area (Å²) in [6, 6.07) is 1.92. The first kappa shape index (κ1) is 18.3. The molecule has 1 aliphatic rings. The molecule has 1 aromatic heterocycles. The van der Waals surface area contributed by atoms with Crippen molar-refractivity contribution in [1.29, 1.82) is 0 Å². The number of rotatable bonds is 8. The van der Waals surface area contributed by atoms with Crippen molar-refractivity contribution in [2.24, 2.45) is 10.9 Å². The molecule has 134 valence electrons. The molecule has 1 unspecified atom stereocenters. The number of likely N-dealkylation sites (N-methyl/N-ethyl adjacent to an activating group) is 1. The van der Waals surface area contributed by atoms with Gasteiger partial charge in [0.2, 0.25) is 5.91 Å². The maximum absolute atomic E-state index is 11.7. The second-order valence-corrected chi connectivity index (χ2v) is 6.11. The quantitative estimate of drug-likeness (QED) is 0.395. The predicted molar refractivity (Wildman–Crippen MR) is 92.8 cm³/mol. The van der Waals surface area contributed by atoms with Crippen molar-refractivity contribution in [3.05, 3.63) is 18.5 Å². The van der Waals surface area contributed by atoms with Crippen molar-refractivity contribution in [3.63, 3.8) is 0 Å². The molecule has 2 heterocycles. The first-order chi connectivity index (χ1) is 11.6. The van der Waals surface area contributed by atoms with Crippen molar-refractivity contribution in [2.75, 3.05) is 46.9 Å². The Hall–Kier alpha value is -2.09. The van der Waals surface area contributed by atoms with Crippen molar-refractivity contribution in [3.8, 4) is 0 Å². The molecule has 0 bridgehead atoms. The van der Waals surface area contributed by atoms with Crippen LogP contribution in [0.5, 0.6) is 0 Å². The summed E-state index contributed by atoms with van der Waals surface area (Å²) in [4.78, 5) is 17.7. The lowest BCUT2D eigenvalue weighted by Gasteiger charge is -2.15. The van der Waals surface area contributed by atoms with Gasteiger partial charge in [0.05, 0.1) is 6.61 Å². The summed E-state index contributed by atoms with van der Waals surface area (Å²) < 4.78 is 7.29. The maximum Gasteiger partial charge on any atom is 0.243 e. The molecule has 1 amide bonds. The number of aliphatic imine (C=N–C) groups is 1. The smallest absolute Gasteiger partial charge is 0.243 e. The summed E-state index contributed by atoms with van der Waals surface area (Å²) in [5.74, 6) is 1.17. The van der Waals surface area contributed by atoms with E-state index in [1.54, 1.807) is 25.2 Å². The van der Waals surface area contributed by atoms with Gasteiger partial charge in [0, 0.05) is 58.6 Å². The third-order valence-corrected chi connectivity index (χ3v) is 3.87. The van der Waals surface area contributed by atoms with Crippen LogP contribution in [0, 0.1) is 5.92 Å². The van der Waals surface area contributed by atoms with Crippen LogP contribution in [-0.4, -0.2) is 73.5 Å². The molecule has 0 aliphatic carbocycles. The average molecular weight is 336 g/mol. The van der Waals surface area contributed by atoms with Crippen LogP contribution in [0.4, 0.5) is 0 Å². The Morgan fingerprint density at radius 1 is 1.46 bits per heavy atom. The number of amides is 1. The fourth-order valence-corrected chi connectivity index (χ4v) is 2.33. The summed E-state index contributed by atoms with van der Waals surface area (Å²) in [5.41, 5.74) is 0. The van der Waals surface area contributed by atoms with E-state index >= 15 is 0 Å². The predicted octanol–water partition coefficient (Wildman–Crippen LogP) is -0.0669. The summed E-state index contributed by atoms with van der Waals surface area (Å²) in [6.45, 7) is 4.18. The lowest BCUT2D eigenvalue weighted by molar-refractivity contribution is -0.127. The van der Waals surface area contributed by atoms with Crippen LogP contribution >= 0.6 is 0 Å². The molecule has 1 aromatic rings. The summed E-state index contributed by atoms with van der Waals surface area (Å²) in [6.07, 6.45) is 5.72. The van der Waals surface area contributed by atoms with E-state index in [0.29, 0.717) is 11.9 Å². The molecular weight excluding hydrogens is 308 g/mol. The first-order valence-electron chi connectivity index (χ1n) is 8.42. The Bertz CT molecular complexity index is 509. The van der Waals surface area contributed by atoms with Crippen LogP contribution < -0.4 is 10.6 Å². The van der Waals surface area contributed by atoms with Crippen LogP contribution in [0.1, 0.15) is 12.8 Å². The lowest BCUT2D eigenvalue weighted by Crippen LogP contribution is -2.41. The molecule has 1 atom stereocenters. The Morgan fingerprint density at radius 3 is 3.00 bits per heavy atom. The Labute approximate surface area is 143 Å². The first-order valence-corrected chi connectivity index (χ1v) is 8.42. The van der Waals surface area contributed by atoms with E-state index in [1.165, 1.54) is 0 Å². The molecule has 24 heavy (non-hydrogen) atoms. The monoisotopic (exact) mass is 336 g/mol. The fraction of sp³-hybridized carbons (Fsp3) is 0.688. The van der Waals surface area contributed by atoms with Gasteiger partial charge in [-0.1, -0.05) is 0 Å². The van der Waals surface area contributed by atoms with E-state index in [2.05, 4.69) is 20.7 Å². The number of guanidine groups is 1. The molecule has 0 radical (unpaired) electrons. The highest BCUT2D eigenvalue weighted by atomic mass is 16.5. The highest BCUT2D eigenvalue weighted by Crippen LogP contribution is 2.10. The molecular formula is C16H28N6O2. The van der Waals surface area contributed by atoms with Gasteiger partial charge in [0.15, 0.2) is 5.96 Å². The van der Waals surface area contributed by atoms with Crippen molar-refractivity contribution in [1.82, 2.24) is 25.3 Å². The molecule has 1 aliphatic heterocycles. The van der Waals surface area contributed by atoms with Crippen LogP contribution in [0.3, 0.4) is 0 Å². The van der Waals surface area contributed by atoms with Crippen LogP contribution in [0.25, 0.3) is 0 Å². The zero-order valence-corrected chi connectivity index (χ0v) is 14.6. The van der Waals surface area contributed by atoms with Gasteiger partial charge in [-0.2, -0.15) is 5.10 Å². The van der Waals surface area contributed by atoms with Gasteiger partial charge >= 0.3 is 0 Å². The minimum atomic E-state index is -0.0168. The molecule has 8 heteroatoms. The topological polar surface area (TPSA) is 83.8 Å². The Balaban J connectivity index is 1.76. The van der Waals surface area contributed by atoms with E-state index in [0.717, 1.165) is 45.7 Å². The number of ether oxygens (including phenoxy) is 1. The highest BCUT2D eigenvalue weighted by Gasteiger charge is 2.15. The average Bonchev–Trinajstić information content (AvgIpc) is 3.26. The van der Waals surface area contributed by atoms with Gasteiger partial charge in [-0.25, -0.2) is 4.99 Å². The third-order valence-electron chi connectivity index (χ3n) is 3.87. The van der Waals surface area contributed by atoms with Gasteiger partial charge in [-0.05, 0) is 18.9 Å². The maximum atomic E-state index is 11.7. The molecule has 1 fully saturated rings. The number of carbonyl (C=O) groups is 1. The van der Waals surface area contributed by atoms with E-state index < -0.39 is 0 Å². The fourth-order valence-electron chi connectivity index (χ4n) is 2.33. The number of aryl methyl sites for hydroxylation is 1. The second kappa shape index (κ2) is 9.92. The lowest BCUT2D eigenvalue weighted by atomic mass is 10.1. The normalized spacial score (nSPS) is 17.8. The zero-order valence-electron chi connectivity index (χ0n) is 14.6. The molecule has 8 nitrogen and oxygen atoms in total. The van der Waals surface area contributed by atoms with Crippen molar-refractivity contribution in [2.45, 2.75) is 19.4 Å². The Kier molecular flexibility index (Phi) is 7.54. The molecule has 0 aromatic carbocycles. The van der Waals surface area contributed by atoms with E-state index in [9.17, 15) is 4.79 Å². The van der Waals surface area contributed by atoms with E-state index in [1.807, 2.05) is 16.9 Å². The molecule has 0 saturated carbocycles. The van der Waals surface area contributed by atoms with Gasteiger partial charge in [0.1, 0.15) is 6.54 Å². The minimum Gasteiger partial charge on any atom is -0.381 e. The van der Waals surface area contributed by atoms with Crippen LogP contribution in [-0.2, 0) is 16.1 Å². The van der Waals surface area contributed by atoms with E-state index in [4.69, 9.17) is 4.74 Å². The zero-order chi connectivity index (χ0) is 17.2. The van der Waals surface area contributed by atoms with Crippen molar-refractivity contribution >= 4 is 11.9 Å². The largest absolute Gasteiger partial charge is 0.381 e. The molecule has 2 N–H and O–H groups in total. The standard InChI is InChI=1S/C16H28N6O2/c1-21(2)15(23)12-19-16(18-11-14-5-10-24-13-14)17-6-3-8-22-9-4-7-20-22/h4,7,9,14H,3,5-6,8,10-13H2,1-2H3,(H2,17,18,19). The summed E-state index contributed by atoms with van der Waals surface area (Å²) >= 11 is 0. The van der Waals surface area contributed by atoms with Gasteiger partial charge in [-0.15, -0.1) is 0 Å². The second-order valence-electron chi connectivity index (χ2n) is 6.11. The highest BCUT2D eigenvalue weighted by molar-refractivity contribution is 5.84. The molecule has 2 rings (SSSR count).